The van der Waals surface area contributed by atoms with Crippen LogP contribution in [0.15, 0.2) is 12.1 Å². The quantitative estimate of drug-likeness (QED) is 0.843. The Labute approximate surface area is 107 Å². The summed E-state index contributed by atoms with van der Waals surface area (Å²) in [6.45, 7) is 4.66. The first-order valence-electron chi connectivity index (χ1n) is 5.92. The van der Waals surface area contributed by atoms with E-state index in [9.17, 15) is 0 Å². The van der Waals surface area contributed by atoms with Crippen LogP contribution in [0.3, 0.4) is 0 Å². The molecule has 2 rings (SSSR count). The van der Waals surface area contributed by atoms with Crippen LogP contribution < -0.4 is 5.73 Å². The molecule has 0 radical (unpaired) electrons. The Morgan fingerprint density at radius 1 is 1.38 bits per heavy atom. The van der Waals surface area contributed by atoms with Gasteiger partial charge in [-0.05, 0) is 43.2 Å². The average molecular weight is 258 g/mol. The second kappa shape index (κ2) is 4.32. The van der Waals surface area contributed by atoms with Crippen LogP contribution in [0, 0.1) is 5.41 Å². The van der Waals surface area contributed by atoms with Crippen molar-refractivity contribution in [3.05, 3.63) is 21.3 Å². The Balaban J connectivity index is 2.07. The molecule has 1 aromatic rings. The van der Waals surface area contributed by atoms with Gasteiger partial charge >= 0.3 is 0 Å². The normalized spacial score (nSPS) is 29.2. The minimum Gasteiger partial charge on any atom is -0.325 e. The highest BCUT2D eigenvalue weighted by Crippen LogP contribution is 2.41. The van der Waals surface area contributed by atoms with Gasteiger partial charge in [0, 0.05) is 10.4 Å². The third kappa shape index (κ3) is 2.99. The highest BCUT2D eigenvalue weighted by atomic mass is 35.5. The summed E-state index contributed by atoms with van der Waals surface area (Å²) in [5.74, 6) is 0. The fourth-order valence-corrected chi connectivity index (χ4v) is 4.24. The van der Waals surface area contributed by atoms with E-state index in [1.165, 1.54) is 17.7 Å². The Kier molecular flexibility index (Phi) is 3.35. The van der Waals surface area contributed by atoms with E-state index in [4.69, 9.17) is 17.3 Å². The summed E-state index contributed by atoms with van der Waals surface area (Å²) in [4.78, 5) is 1.32. The van der Waals surface area contributed by atoms with Crippen LogP contribution in [0.2, 0.25) is 4.34 Å². The average Bonchev–Trinajstić information content (AvgIpc) is 2.47. The molecule has 1 fully saturated rings. The van der Waals surface area contributed by atoms with E-state index >= 15 is 0 Å². The molecule has 1 aliphatic rings. The summed E-state index contributed by atoms with van der Waals surface area (Å²) in [6.07, 6.45) is 5.80. The van der Waals surface area contributed by atoms with Crippen molar-refractivity contribution in [3.8, 4) is 0 Å². The molecule has 1 nitrogen and oxygen atoms in total. The number of hydrogen-bond donors (Lipinski definition) is 1. The van der Waals surface area contributed by atoms with Crippen molar-refractivity contribution in [3.63, 3.8) is 0 Å². The molecule has 0 bridgehead atoms. The summed E-state index contributed by atoms with van der Waals surface area (Å²) in [5.41, 5.74) is 6.92. The van der Waals surface area contributed by atoms with Gasteiger partial charge in [0.15, 0.2) is 0 Å². The summed E-state index contributed by atoms with van der Waals surface area (Å²) >= 11 is 7.62. The lowest BCUT2D eigenvalue weighted by molar-refractivity contribution is 0.151. The van der Waals surface area contributed by atoms with Crippen molar-refractivity contribution in [2.45, 2.75) is 51.5 Å². The van der Waals surface area contributed by atoms with Gasteiger partial charge in [-0.15, -0.1) is 11.3 Å². The van der Waals surface area contributed by atoms with Gasteiger partial charge in [-0.3, -0.25) is 0 Å². The zero-order valence-corrected chi connectivity index (χ0v) is 11.6. The van der Waals surface area contributed by atoms with Gasteiger partial charge in [-0.2, -0.15) is 0 Å². The van der Waals surface area contributed by atoms with Crippen LogP contribution >= 0.6 is 22.9 Å². The summed E-state index contributed by atoms with van der Waals surface area (Å²) in [6, 6.07) is 4.09. The number of thiophene rings is 1. The minimum absolute atomic E-state index is 0.0179. The van der Waals surface area contributed by atoms with Gasteiger partial charge < -0.3 is 5.73 Å². The molecule has 2 N–H and O–H groups in total. The number of rotatable bonds is 2. The molecule has 0 aromatic carbocycles. The number of nitrogens with two attached hydrogens (primary N) is 1. The van der Waals surface area contributed by atoms with E-state index in [0.29, 0.717) is 5.41 Å². The first-order valence-corrected chi connectivity index (χ1v) is 7.11. The van der Waals surface area contributed by atoms with Gasteiger partial charge in [-0.25, -0.2) is 0 Å². The fraction of sp³-hybridized carbons (Fsp3) is 0.692. The molecule has 1 unspecified atom stereocenters. The lowest BCUT2D eigenvalue weighted by Gasteiger charge is -2.42. The van der Waals surface area contributed by atoms with E-state index < -0.39 is 0 Å². The van der Waals surface area contributed by atoms with Crippen LogP contribution in [0.4, 0.5) is 0 Å². The van der Waals surface area contributed by atoms with Crippen LogP contribution in [-0.2, 0) is 6.42 Å². The van der Waals surface area contributed by atoms with Crippen molar-refractivity contribution < 1.29 is 0 Å². The van der Waals surface area contributed by atoms with Gasteiger partial charge in [0.2, 0.25) is 0 Å². The topological polar surface area (TPSA) is 26.0 Å². The predicted octanol–water partition coefficient (Wildman–Crippen LogP) is 4.24. The molecule has 3 heteroatoms. The highest BCUT2D eigenvalue weighted by molar-refractivity contribution is 7.16. The van der Waals surface area contributed by atoms with Crippen molar-refractivity contribution in [1.29, 1.82) is 0 Å². The summed E-state index contributed by atoms with van der Waals surface area (Å²) < 4.78 is 0.869. The van der Waals surface area contributed by atoms with Gasteiger partial charge in [-0.1, -0.05) is 31.9 Å². The monoisotopic (exact) mass is 257 g/mol. The minimum atomic E-state index is -0.0179. The van der Waals surface area contributed by atoms with E-state index in [0.717, 1.165) is 23.6 Å². The first-order chi connectivity index (χ1) is 7.39. The van der Waals surface area contributed by atoms with Gasteiger partial charge in [0.1, 0.15) is 0 Å². The maximum absolute atomic E-state index is 6.54. The molecule has 1 aromatic heterocycles. The molecule has 1 aliphatic carbocycles. The predicted molar refractivity (Wildman–Crippen MR) is 72.2 cm³/mol. The molecule has 0 aliphatic heterocycles. The summed E-state index contributed by atoms with van der Waals surface area (Å²) in [5, 5.41) is 0. The summed E-state index contributed by atoms with van der Waals surface area (Å²) in [7, 11) is 0. The van der Waals surface area contributed by atoms with Crippen molar-refractivity contribution >= 4 is 22.9 Å². The maximum atomic E-state index is 6.54. The number of halogens is 1. The molecule has 0 saturated heterocycles. The third-order valence-electron chi connectivity index (χ3n) is 3.51. The van der Waals surface area contributed by atoms with Gasteiger partial charge in [0.05, 0.1) is 4.34 Å². The highest BCUT2D eigenvalue weighted by Gasteiger charge is 2.37. The maximum Gasteiger partial charge on any atom is 0.0931 e. The third-order valence-corrected chi connectivity index (χ3v) is 4.75. The molecular formula is C13H20ClNS. The second-order valence-electron chi connectivity index (χ2n) is 5.94. The lowest BCUT2D eigenvalue weighted by Crippen LogP contribution is -2.48. The van der Waals surface area contributed by atoms with Gasteiger partial charge in [0.25, 0.3) is 0 Å². The van der Waals surface area contributed by atoms with Crippen LogP contribution in [0.1, 0.15) is 44.4 Å². The molecule has 90 valence electrons. The SMILES string of the molecule is CC1(C)CCCC(N)(Cc2ccc(Cl)s2)C1. The molecule has 16 heavy (non-hydrogen) atoms. The second-order valence-corrected chi connectivity index (χ2v) is 7.74. The molecule has 1 atom stereocenters. The lowest BCUT2D eigenvalue weighted by atomic mass is 9.67. The fourth-order valence-electron chi connectivity index (χ4n) is 2.99. The van der Waals surface area contributed by atoms with Crippen molar-refractivity contribution in [2.75, 3.05) is 0 Å². The molecular weight excluding hydrogens is 238 g/mol. The zero-order valence-electron chi connectivity index (χ0n) is 10.1. The van der Waals surface area contributed by atoms with E-state index in [1.807, 2.05) is 6.07 Å². The van der Waals surface area contributed by atoms with Crippen LogP contribution in [-0.4, -0.2) is 5.54 Å². The Hall–Kier alpha value is -0.0500. The van der Waals surface area contributed by atoms with E-state index in [1.54, 1.807) is 11.3 Å². The molecule has 0 amide bonds. The zero-order chi connectivity index (χ0) is 11.8. The standard InChI is InChI=1S/C13H20ClNS/c1-12(2)6-3-7-13(15,9-12)8-10-4-5-11(14)16-10/h4-5H,3,6-9,15H2,1-2H3. The Bertz CT molecular complexity index is 372. The van der Waals surface area contributed by atoms with E-state index in [-0.39, 0.29) is 5.54 Å². The first kappa shape index (κ1) is 12.4. The largest absolute Gasteiger partial charge is 0.325 e. The number of hydrogen-bond acceptors (Lipinski definition) is 2. The van der Waals surface area contributed by atoms with Crippen LogP contribution in [0.5, 0.6) is 0 Å². The Morgan fingerprint density at radius 2 is 2.12 bits per heavy atom. The van der Waals surface area contributed by atoms with E-state index in [2.05, 4.69) is 19.9 Å². The smallest absolute Gasteiger partial charge is 0.0931 e. The molecule has 0 spiro atoms. The van der Waals surface area contributed by atoms with Crippen LogP contribution in [0.25, 0.3) is 0 Å². The molecule has 1 saturated carbocycles. The molecule has 1 heterocycles. The van der Waals surface area contributed by atoms with Crippen molar-refractivity contribution in [2.24, 2.45) is 11.1 Å². The Morgan fingerprint density at radius 3 is 2.69 bits per heavy atom. The van der Waals surface area contributed by atoms with Crippen molar-refractivity contribution in [1.82, 2.24) is 0 Å².